The lowest BCUT2D eigenvalue weighted by atomic mass is 10.1. The number of anilines is 4. The second-order valence-corrected chi connectivity index (χ2v) is 8.13. The zero-order valence-electron chi connectivity index (χ0n) is 19.4. The van der Waals surface area contributed by atoms with E-state index in [1.165, 1.54) is 5.56 Å². The molecular formula is C28H30N4O. The lowest BCUT2D eigenvalue weighted by Gasteiger charge is -2.17. The highest BCUT2D eigenvalue weighted by atomic mass is 16.5. The first kappa shape index (κ1) is 22.5. The van der Waals surface area contributed by atoms with E-state index >= 15 is 0 Å². The number of nitrogens with zero attached hydrogens (tertiary/aromatic N) is 2. The Bertz CT molecular complexity index is 1210. The van der Waals surface area contributed by atoms with Gasteiger partial charge in [0, 0.05) is 29.1 Å². The molecule has 33 heavy (non-hydrogen) atoms. The first-order valence-electron chi connectivity index (χ1n) is 11.2. The molecule has 0 saturated carbocycles. The van der Waals surface area contributed by atoms with Crippen molar-refractivity contribution in [1.29, 1.82) is 0 Å². The maximum atomic E-state index is 5.95. The second kappa shape index (κ2) is 10.7. The number of hydrogen-bond acceptors (Lipinski definition) is 5. The van der Waals surface area contributed by atoms with Crippen LogP contribution in [-0.2, 0) is 17.8 Å². The molecule has 4 aromatic rings. The van der Waals surface area contributed by atoms with Crippen molar-refractivity contribution in [2.75, 3.05) is 17.2 Å². The predicted molar refractivity (Wildman–Crippen MR) is 135 cm³/mol. The fourth-order valence-electron chi connectivity index (χ4n) is 3.67. The first-order chi connectivity index (χ1) is 16.1. The van der Waals surface area contributed by atoms with Gasteiger partial charge >= 0.3 is 0 Å². The Morgan fingerprint density at radius 3 is 1.97 bits per heavy atom. The molecule has 3 aromatic carbocycles. The van der Waals surface area contributed by atoms with Gasteiger partial charge in [-0.25, -0.2) is 4.98 Å². The number of benzene rings is 3. The predicted octanol–water partition coefficient (Wildman–Crippen LogP) is 6.65. The van der Waals surface area contributed by atoms with Gasteiger partial charge < -0.3 is 15.4 Å². The molecule has 1 heterocycles. The Kier molecular flexibility index (Phi) is 7.33. The molecule has 0 unspecified atom stereocenters. The molecule has 4 rings (SSSR count). The fraction of sp³-hybridized carbons (Fsp3) is 0.214. The topological polar surface area (TPSA) is 59.1 Å². The molecule has 0 aliphatic carbocycles. The first-order valence-corrected chi connectivity index (χ1v) is 11.2. The number of nitrogens with one attached hydrogen (secondary N) is 2. The molecule has 0 aliphatic heterocycles. The highest BCUT2D eigenvalue weighted by Gasteiger charge is 2.14. The zero-order valence-corrected chi connectivity index (χ0v) is 19.4. The third-order valence-electron chi connectivity index (χ3n) is 5.61. The lowest BCUT2D eigenvalue weighted by molar-refractivity contribution is 0.123. The summed E-state index contributed by atoms with van der Waals surface area (Å²) in [7, 11) is 0. The van der Waals surface area contributed by atoms with Gasteiger partial charge in [0.2, 0.25) is 5.95 Å². The summed E-state index contributed by atoms with van der Waals surface area (Å²) in [4.78, 5) is 9.61. The number of para-hydroxylation sites is 2. The van der Waals surface area contributed by atoms with Crippen LogP contribution in [0.15, 0.2) is 78.9 Å². The summed E-state index contributed by atoms with van der Waals surface area (Å²) in [5, 5.41) is 6.91. The molecular weight excluding hydrogens is 408 g/mol. The van der Waals surface area contributed by atoms with E-state index in [9.17, 15) is 0 Å². The molecule has 0 fully saturated rings. The van der Waals surface area contributed by atoms with Crippen molar-refractivity contribution in [3.8, 4) is 0 Å². The van der Waals surface area contributed by atoms with Crippen molar-refractivity contribution >= 4 is 23.1 Å². The van der Waals surface area contributed by atoms with Gasteiger partial charge in [0.25, 0.3) is 0 Å². The van der Waals surface area contributed by atoms with E-state index in [1.807, 2.05) is 55.5 Å². The van der Waals surface area contributed by atoms with Crippen LogP contribution in [-0.4, -0.2) is 16.6 Å². The van der Waals surface area contributed by atoms with Crippen LogP contribution < -0.4 is 10.6 Å². The summed E-state index contributed by atoms with van der Waals surface area (Å²) in [5.41, 5.74) is 7.49. The average molecular weight is 439 g/mol. The number of aryl methyl sites for hydroxylation is 3. The van der Waals surface area contributed by atoms with Crippen LogP contribution in [0, 0.1) is 20.8 Å². The summed E-state index contributed by atoms with van der Waals surface area (Å²) in [5.74, 6) is 1.38. The number of aromatic nitrogens is 2. The van der Waals surface area contributed by atoms with Crippen molar-refractivity contribution in [3.63, 3.8) is 0 Å². The smallest absolute Gasteiger partial charge is 0.229 e. The number of hydrogen-bond donors (Lipinski definition) is 2. The van der Waals surface area contributed by atoms with Gasteiger partial charge in [-0.05, 0) is 49.6 Å². The molecule has 1 aromatic heterocycles. The molecule has 0 aliphatic rings. The van der Waals surface area contributed by atoms with Gasteiger partial charge in [0.1, 0.15) is 5.82 Å². The fourth-order valence-corrected chi connectivity index (χ4v) is 3.67. The minimum absolute atomic E-state index is 0.576. The quantitative estimate of drug-likeness (QED) is 0.287. The van der Waals surface area contributed by atoms with E-state index in [0.29, 0.717) is 19.2 Å². The van der Waals surface area contributed by atoms with E-state index in [4.69, 9.17) is 14.7 Å². The third kappa shape index (κ3) is 5.96. The number of ether oxygens (including phenoxy) is 1. The molecule has 0 spiro atoms. The summed E-state index contributed by atoms with van der Waals surface area (Å²) in [6.07, 6.45) is 0.720. The molecule has 0 radical (unpaired) electrons. The minimum Gasteiger partial charge on any atom is -0.376 e. The molecule has 0 amide bonds. The molecule has 0 atom stereocenters. The molecule has 0 bridgehead atoms. The summed E-state index contributed by atoms with van der Waals surface area (Å²) >= 11 is 0. The Hall–Kier alpha value is -3.70. The summed E-state index contributed by atoms with van der Waals surface area (Å²) < 4.78 is 5.95. The molecule has 5 heteroatoms. The average Bonchev–Trinajstić information content (AvgIpc) is 2.82. The standard InChI is InChI=1S/C28H30N4O/c1-20-11-7-9-15-25(20)30-27-24(17-18-33-19-23-13-5-4-6-14-23)22(3)29-28(32-27)31-26-16-10-8-12-21(26)2/h4-16H,17-19H2,1-3H3,(H2,29,30,31,32). The van der Waals surface area contributed by atoms with Crippen molar-refractivity contribution in [2.45, 2.75) is 33.8 Å². The van der Waals surface area contributed by atoms with Crippen molar-refractivity contribution < 1.29 is 4.74 Å². The monoisotopic (exact) mass is 438 g/mol. The Morgan fingerprint density at radius 1 is 0.697 bits per heavy atom. The normalized spacial score (nSPS) is 10.8. The Morgan fingerprint density at radius 2 is 1.30 bits per heavy atom. The SMILES string of the molecule is Cc1ccccc1Nc1nc(C)c(CCOCc2ccccc2)c(Nc2ccccc2C)n1. The maximum absolute atomic E-state index is 5.95. The molecule has 5 nitrogen and oxygen atoms in total. The highest BCUT2D eigenvalue weighted by Crippen LogP contribution is 2.27. The largest absolute Gasteiger partial charge is 0.376 e. The summed E-state index contributed by atoms with van der Waals surface area (Å²) in [6.45, 7) is 7.37. The van der Waals surface area contributed by atoms with Gasteiger partial charge in [-0.2, -0.15) is 4.98 Å². The van der Waals surface area contributed by atoms with Crippen molar-refractivity contribution in [2.24, 2.45) is 0 Å². The summed E-state index contributed by atoms with van der Waals surface area (Å²) in [6, 6.07) is 26.6. The van der Waals surface area contributed by atoms with Crippen LogP contribution in [0.5, 0.6) is 0 Å². The van der Waals surface area contributed by atoms with Crippen LogP contribution in [0.25, 0.3) is 0 Å². The van der Waals surface area contributed by atoms with Gasteiger partial charge in [-0.15, -0.1) is 0 Å². The van der Waals surface area contributed by atoms with E-state index in [1.54, 1.807) is 0 Å². The zero-order chi connectivity index (χ0) is 23.0. The van der Waals surface area contributed by atoms with Crippen LogP contribution >= 0.6 is 0 Å². The van der Waals surface area contributed by atoms with Gasteiger partial charge in [-0.3, -0.25) is 0 Å². The third-order valence-corrected chi connectivity index (χ3v) is 5.61. The molecule has 0 saturated heterocycles. The van der Waals surface area contributed by atoms with Crippen LogP contribution in [0.2, 0.25) is 0 Å². The van der Waals surface area contributed by atoms with Gasteiger partial charge in [-0.1, -0.05) is 66.7 Å². The van der Waals surface area contributed by atoms with Crippen molar-refractivity contribution in [3.05, 3.63) is 107 Å². The van der Waals surface area contributed by atoms with Crippen molar-refractivity contribution in [1.82, 2.24) is 9.97 Å². The maximum Gasteiger partial charge on any atom is 0.229 e. The minimum atomic E-state index is 0.576. The number of rotatable bonds is 9. The van der Waals surface area contributed by atoms with E-state index < -0.39 is 0 Å². The second-order valence-electron chi connectivity index (χ2n) is 8.13. The van der Waals surface area contributed by atoms with Crippen LogP contribution in [0.1, 0.15) is 27.9 Å². The Balaban J connectivity index is 1.57. The molecule has 168 valence electrons. The van der Waals surface area contributed by atoms with E-state index in [2.05, 4.69) is 54.8 Å². The van der Waals surface area contributed by atoms with Gasteiger partial charge in [0.15, 0.2) is 0 Å². The van der Waals surface area contributed by atoms with E-state index in [0.717, 1.165) is 46.0 Å². The molecule has 2 N–H and O–H groups in total. The van der Waals surface area contributed by atoms with Gasteiger partial charge in [0.05, 0.1) is 13.2 Å². The lowest BCUT2D eigenvalue weighted by Crippen LogP contribution is -2.10. The van der Waals surface area contributed by atoms with Crippen LogP contribution in [0.3, 0.4) is 0 Å². The van der Waals surface area contributed by atoms with E-state index in [-0.39, 0.29) is 0 Å². The highest BCUT2D eigenvalue weighted by molar-refractivity contribution is 5.66. The Labute approximate surface area is 195 Å². The van der Waals surface area contributed by atoms with Crippen LogP contribution in [0.4, 0.5) is 23.1 Å².